The van der Waals surface area contributed by atoms with Crippen LogP contribution in [0.15, 0.2) is 29.1 Å². The predicted molar refractivity (Wildman–Crippen MR) is 73.1 cm³/mol. The Kier molecular flexibility index (Phi) is 3.85. The molecule has 1 N–H and O–H groups in total. The Morgan fingerprint density at radius 2 is 2.10 bits per heavy atom. The fraction of sp³-hybridized carbons (Fsp3) is 0.200. The van der Waals surface area contributed by atoms with Crippen LogP contribution in [0.3, 0.4) is 0 Å². The number of halogens is 1. The highest BCUT2D eigenvalue weighted by molar-refractivity contribution is 5.75. The number of aryl methyl sites for hydroxylation is 1. The van der Waals surface area contributed by atoms with Crippen LogP contribution < -0.4 is 10.3 Å². The van der Waals surface area contributed by atoms with Crippen molar-refractivity contribution in [1.29, 1.82) is 5.26 Å². The van der Waals surface area contributed by atoms with Crippen molar-refractivity contribution in [3.05, 3.63) is 51.7 Å². The fourth-order valence-electron chi connectivity index (χ4n) is 2.01. The summed E-state index contributed by atoms with van der Waals surface area (Å²) in [6.45, 7) is 3.91. The first kappa shape index (κ1) is 13.8. The van der Waals surface area contributed by atoms with Crippen LogP contribution >= 0.6 is 0 Å². The maximum Gasteiger partial charge on any atom is 0.266 e. The molecular formula is C15H13FN2O2. The molecule has 0 saturated carbocycles. The second kappa shape index (κ2) is 5.57. The van der Waals surface area contributed by atoms with Crippen molar-refractivity contribution in [2.45, 2.75) is 13.8 Å². The van der Waals surface area contributed by atoms with E-state index in [1.165, 1.54) is 18.2 Å². The Labute approximate surface area is 115 Å². The van der Waals surface area contributed by atoms with Gasteiger partial charge in [0.25, 0.3) is 5.56 Å². The van der Waals surface area contributed by atoms with Gasteiger partial charge in [0, 0.05) is 16.8 Å². The first-order chi connectivity index (χ1) is 9.56. The Morgan fingerprint density at radius 3 is 2.75 bits per heavy atom. The molecule has 1 aromatic heterocycles. The minimum atomic E-state index is -0.491. The van der Waals surface area contributed by atoms with Gasteiger partial charge in [0.05, 0.1) is 6.61 Å². The van der Waals surface area contributed by atoms with Crippen molar-refractivity contribution in [3.63, 3.8) is 0 Å². The van der Waals surface area contributed by atoms with Crippen molar-refractivity contribution >= 4 is 0 Å². The normalized spacial score (nSPS) is 10.1. The number of nitriles is 1. The van der Waals surface area contributed by atoms with E-state index in [0.717, 1.165) is 0 Å². The number of hydrogen-bond donors (Lipinski definition) is 1. The lowest BCUT2D eigenvalue weighted by molar-refractivity contribution is 0.341. The number of rotatable bonds is 3. The Hall–Kier alpha value is -2.61. The molecule has 102 valence electrons. The molecule has 0 aliphatic rings. The van der Waals surface area contributed by atoms with Gasteiger partial charge in [-0.05, 0) is 38.1 Å². The molecule has 0 unspecified atom stereocenters. The topological polar surface area (TPSA) is 65.9 Å². The lowest BCUT2D eigenvalue weighted by Crippen LogP contribution is -2.13. The third kappa shape index (κ3) is 2.54. The molecule has 0 fully saturated rings. The van der Waals surface area contributed by atoms with E-state index in [4.69, 9.17) is 10.00 Å². The van der Waals surface area contributed by atoms with E-state index >= 15 is 0 Å². The molecule has 0 saturated heterocycles. The highest BCUT2D eigenvalue weighted by Gasteiger charge is 2.15. The third-order valence-corrected chi connectivity index (χ3v) is 2.81. The maximum atomic E-state index is 13.5. The van der Waals surface area contributed by atoms with E-state index in [0.29, 0.717) is 29.2 Å². The van der Waals surface area contributed by atoms with Crippen LogP contribution in [0.25, 0.3) is 11.1 Å². The van der Waals surface area contributed by atoms with Crippen molar-refractivity contribution in [2.24, 2.45) is 0 Å². The zero-order chi connectivity index (χ0) is 14.7. The Balaban J connectivity index is 2.77. The number of benzene rings is 1. The molecular weight excluding hydrogens is 259 g/mol. The van der Waals surface area contributed by atoms with Gasteiger partial charge >= 0.3 is 0 Å². The van der Waals surface area contributed by atoms with Crippen LogP contribution in [0.5, 0.6) is 5.75 Å². The number of nitrogens with zero attached hydrogens (tertiary/aromatic N) is 1. The van der Waals surface area contributed by atoms with E-state index in [1.807, 2.05) is 6.07 Å². The molecule has 0 amide bonds. The highest BCUT2D eigenvalue weighted by Crippen LogP contribution is 2.32. The second-order valence-electron chi connectivity index (χ2n) is 4.26. The summed E-state index contributed by atoms with van der Waals surface area (Å²) in [7, 11) is 0. The van der Waals surface area contributed by atoms with Crippen LogP contribution in [0.4, 0.5) is 4.39 Å². The first-order valence-electron chi connectivity index (χ1n) is 6.13. The Morgan fingerprint density at radius 1 is 1.35 bits per heavy atom. The van der Waals surface area contributed by atoms with Crippen LogP contribution in [0, 0.1) is 24.1 Å². The molecule has 4 nitrogen and oxygen atoms in total. The highest BCUT2D eigenvalue weighted by atomic mass is 19.1. The van der Waals surface area contributed by atoms with Gasteiger partial charge in [-0.1, -0.05) is 0 Å². The van der Waals surface area contributed by atoms with E-state index in [1.54, 1.807) is 19.9 Å². The molecule has 0 aliphatic carbocycles. The molecule has 0 radical (unpaired) electrons. The van der Waals surface area contributed by atoms with E-state index in [9.17, 15) is 9.18 Å². The monoisotopic (exact) mass is 272 g/mol. The van der Waals surface area contributed by atoms with Crippen LogP contribution in [-0.4, -0.2) is 11.6 Å². The van der Waals surface area contributed by atoms with Crippen molar-refractivity contribution in [2.75, 3.05) is 6.61 Å². The summed E-state index contributed by atoms with van der Waals surface area (Å²) in [4.78, 5) is 14.4. The minimum Gasteiger partial charge on any atom is -0.493 e. The number of ether oxygens (including phenoxy) is 1. The molecule has 2 rings (SSSR count). The number of nitrogens with one attached hydrogen (secondary N) is 1. The summed E-state index contributed by atoms with van der Waals surface area (Å²) >= 11 is 0. The lowest BCUT2D eigenvalue weighted by Gasteiger charge is -2.12. The molecule has 20 heavy (non-hydrogen) atoms. The summed E-state index contributed by atoms with van der Waals surface area (Å²) in [6, 6.07) is 7.53. The van der Waals surface area contributed by atoms with Crippen molar-refractivity contribution in [3.8, 4) is 22.9 Å². The van der Waals surface area contributed by atoms with Gasteiger partial charge in [-0.3, -0.25) is 4.79 Å². The number of aromatic nitrogens is 1. The molecule has 0 spiro atoms. The van der Waals surface area contributed by atoms with Gasteiger partial charge in [0.1, 0.15) is 23.2 Å². The summed E-state index contributed by atoms with van der Waals surface area (Å²) in [5.74, 6) is -0.0133. The molecule has 2 aromatic rings. The van der Waals surface area contributed by atoms with Crippen LogP contribution in [0.2, 0.25) is 0 Å². The quantitative estimate of drug-likeness (QED) is 0.934. The summed E-state index contributed by atoms with van der Waals surface area (Å²) in [6.07, 6.45) is 0. The van der Waals surface area contributed by atoms with Crippen molar-refractivity contribution in [1.82, 2.24) is 4.98 Å². The lowest BCUT2D eigenvalue weighted by atomic mass is 10.00. The molecule has 1 aromatic carbocycles. The number of H-pyrrole nitrogens is 1. The zero-order valence-corrected chi connectivity index (χ0v) is 11.2. The molecule has 0 atom stereocenters. The average molecular weight is 272 g/mol. The largest absolute Gasteiger partial charge is 0.493 e. The van der Waals surface area contributed by atoms with Crippen LogP contribution in [-0.2, 0) is 0 Å². The Bertz CT molecular complexity index is 745. The minimum absolute atomic E-state index is 0.0536. The number of pyridine rings is 1. The molecule has 5 heteroatoms. The average Bonchev–Trinajstić information content (AvgIpc) is 2.40. The molecule has 0 aliphatic heterocycles. The third-order valence-electron chi connectivity index (χ3n) is 2.81. The maximum absolute atomic E-state index is 13.5. The number of aromatic amines is 1. The van der Waals surface area contributed by atoms with Gasteiger partial charge in [0.15, 0.2) is 0 Å². The van der Waals surface area contributed by atoms with E-state index < -0.39 is 11.4 Å². The summed E-state index contributed by atoms with van der Waals surface area (Å²) in [5, 5.41) is 9.14. The van der Waals surface area contributed by atoms with E-state index in [-0.39, 0.29) is 5.56 Å². The van der Waals surface area contributed by atoms with E-state index in [2.05, 4.69) is 4.98 Å². The molecule has 0 bridgehead atoms. The number of hydrogen-bond acceptors (Lipinski definition) is 3. The zero-order valence-electron chi connectivity index (χ0n) is 11.2. The van der Waals surface area contributed by atoms with Crippen molar-refractivity contribution < 1.29 is 9.13 Å². The van der Waals surface area contributed by atoms with Crippen LogP contribution in [0.1, 0.15) is 18.2 Å². The van der Waals surface area contributed by atoms with Gasteiger partial charge in [0.2, 0.25) is 0 Å². The van der Waals surface area contributed by atoms with Gasteiger partial charge in [-0.25, -0.2) is 4.39 Å². The second-order valence-corrected chi connectivity index (χ2v) is 4.26. The first-order valence-corrected chi connectivity index (χ1v) is 6.13. The standard InChI is InChI=1S/C15H13FN2O2/c1-3-20-14-5-4-10(16)7-12(14)11-6-9(2)18-15(19)13(11)8-17/h4-7H,3H2,1-2H3,(H,18,19). The SMILES string of the molecule is CCOc1ccc(F)cc1-c1cc(C)[nH]c(=O)c1C#N. The summed E-state index contributed by atoms with van der Waals surface area (Å²) < 4.78 is 18.9. The fourth-order valence-corrected chi connectivity index (χ4v) is 2.01. The molecule has 1 heterocycles. The smallest absolute Gasteiger partial charge is 0.266 e. The van der Waals surface area contributed by atoms with Gasteiger partial charge < -0.3 is 9.72 Å². The predicted octanol–water partition coefficient (Wildman–Crippen LogP) is 2.76. The van der Waals surface area contributed by atoms with Gasteiger partial charge in [-0.15, -0.1) is 0 Å². The summed E-state index contributed by atoms with van der Waals surface area (Å²) in [5.41, 5.74) is 0.821. The van der Waals surface area contributed by atoms with Gasteiger partial charge in [-0.2, -0.15) is 5.26 Å².